The van der Waals surface area contributed by atoms with Gasteiger partial charge in [-0.3, -0.25) is 9.59 Å². The van der Waals surface area contributed by atoms with Crippen molar-refractivity contribution in [3.63, 3.8) is 0 Å². The van der Waals surface area contributed by atoms with Crippen LogP contribution < -0.4 is 15.1 Å². The number of rotatable bonds is 1. The molecule has 5 heteroatoms. The Labute approximate surface area is 158 Å². The standard InChI is InChI=1S/C22H21N3O2/c26-21-16-5-1-2-6-17(16)22(27)25(21)15-8-13-4-3-7-24-12-14-10-23-11-19(14)18(9-15)20(13)24/h1-2,5-6,8-9,14,19,23H,3-4,7,10-12H2. The largest absolute Gasteiger partial charge is 0.371 e. The molecule has 2 atom stereocenters. The zero-order valence-electron chi connectivity index (χ0n) is 15.1. The number of hydrogen-bond acceptors (Lipinski definition) is 4. The third-order valence-corrected chi connectivity index (χ3v) is 6.64. The maximum absolute atomic E-state index is 13.0. The van der Waals surface area contributed by atoms with Gasteiger partial charge in [0.15, 0.2) is 0 Å². The number of imide groups is 1. The zero-order chi connectivity index (χ0) is 18.1. The second-order valence-corrected chi connectivity index (χ2v) is 8.11. The number of anilines is 2. The van der Waals surface area contributed by atoms with Gasteiger partial charge in [0.05, 0.1) is 16.8 Å². The Morgan fingerprint density at radius 3 is 2.56 bits per heavy atom. The number of fused-ring (bicyclic) bond motifs is 3. The second-order valence-electron chi connectivity index (χ2n) is 8.11. The fourth-order valence-corrected chi connectivity index (χ4v) is 5.44. The molecule has 2 unspecified atom stereocenters. The molecule has 4 heterocycles. The molecule has 0 aromatic heterocycles. The van der Waals surface area contributed by atoms with Crippen LogP contribution in [0.25, 0.3) is 0 Å². The first-order chi connectivity index (χ1) is 13.2. The monoisotopic (exact) mass is 359 g/mol. The Hall–Kier alpha value is -2.66. The summed E-state index contributed by atoms with van der Waals surface area (Å²) in [5.41, 5.74) is 5.73. The molecule has 1 saturated heterocycles. The fraction of sp³-hybridized carbons (Fsp3) is 0.364. The summed E-state index contributed by atoms with van der Waals surface area (Å²) in [4.78, 5) is 29.8. The first-order valence-electron chi connectivity index (χ1n) is 9.82. The van der Waals surface area contributed by atoms with E-state index in [-0.39, 0.29) is 11.8 Å². The smallest absolute Gasteiger partial charge is 0.266 e. The van der Waals surface area contributed by atoms with Gasteiger partial charge in [-0.2, -0.15) is 0 Å². The maximum atomic E-state index is 13.0. The molecule has 0 bridgehead atoms. The fourth-order valence-electron chi connectivity index (χ4n) is 5.44. The summed E-state index contributed by atoms with van der Waals surface area (Å²) in [5, 5.41) is 3.54. The highest BCUT2D eigenvalue weighted by molar-refractivity contribution is 6.34. The minimum Gasteiger partial charge on any atom is -0.371 e. The first kappa shape index (κ1) is 15.4. The van der Waals surface area contributed by atoms with Crippen LogP contribution in [-0.4, -0.2) is 38.0 Å². The first-order valence-corrected chi connectivity index (χ1v) is 9.82. The SMILES string of the molecule is O=C1c2ccccc2C(=O)N1c1cc2c3c(c1)C1CNCC1CN3CCC2. The van der Waals surface area contributed by atoms with Crippen molar-refractivity contribution >= 4 is 23.2 Å². The van der Waals surface area contributed by atoms with Gasteiger partial charge in [-0.15, -0.1) is 0 Å². The summed E-state index contributed by atoms with van der Waals surface area (Å²) in [6.07, 6.45) is 2.14. The van der Waals surface area contributed by atoms with E-state index in [0.29, 0.717) is 23.0 Å². The predicted molar refractivity (Wildman–Crippen MR) is 104 cm³/mol. The van der Waals surface area contributed by atoms with Crippen molar-refractivity contribution in [2.75, 3.05) is 36.0 Å². The summed E-state index contributed by atoms with van der Waals surface area (Å²) >= 11 is 0. The highest BCUT2D eigenvalue weighted by Crippen LogP contribution is 2.46. The molecule has 1 fully saturated rings. The van der Waals surface area contributed by atoms with E-state index in [1.54, 1.807) is 12.1 Å². The minimum atomic E-state index is -0.202. The van der Waals surface area contributed by atoms with E-state index in [4.69, 9.17) is 0 Å². The Bertz CT molecular complexity index is 964. The molecular formula is C22H21N3O2. The van der Waals surface area contributed by atoms with Crippen LogP contribution in [0.4, 0.5) is 11.4 Å². The number of nitrogens with zero attached hydrogens (tertiary/aromatic N) is 2. The van der Waals surface area contributed by atoms with Gasteiger partial charge in [0.25, 0.3) is 11.8 Å². The number of hydrogen-bond donors (Lipinski definition) is 1. The van der Waals surface area contributed by atoms with E-state index >= 15 is 0 Å². The number of nitrogens with one attached hydrogen (secondary N) is 1. The number of amides is 2. The van der Waals surface area contributed by atoms with Crippen molar-refractivity contribution in [3.05, 3.63) is 58.7 Å². The molecule has 136 valence electrons. The van der Waals surface area contributed by atoms with Gasteiger partial charge in [0.2, 0.25) is 0 Å². The summed E-state index contributed by atoms with van der Waals surface area (Å²) in [6.45, 7) is 4.25. The topological polar surface area (TPSA) is 52.7 Å². The summed E-state index contributed by atoms with van der Waals surface area (Å²) < 4.78 is 0. The third kappa shape index (κ3) is 2.03. The Balaban J connectivity index is 1.51. The van der Waals surface area contributed by atoms with Gasteiger partial charge in [0, 0.05) is 37.8 Å². The molecule has 2 aromatic carbocycles. The normalized spacial score (nSPS) is 25.5. The molecule has 1 N–H and O–H groups in total. The van der Waals surface area contributed by atoms with Gasteiger partial charge in [-0.25, -0.2) is 4.90 Å². The van der Waals surface area contributed by atoms with E-state index in [1.165, 1.54) is 21.7 Å². The van der Waals surface area contributed by atoms with E-state index in [0.717, 1.165) is 44.7 Å². The summed E-state index contributed by atoms with van der Waals surface area (Å²) in [7, 11) is 0. The van der Waals surface area contributed by atoms with E-state index in [9.17, 15) is 9.59 Å². The molecule has 6 rings (SSSR count). The lowest BCUT2D eigenvalue weighted by Crippen LogP contribution is -2.41. The molecule has 0 spiro atoms. The number of aryl methyl sites for hydroxylation is 1. The molecule has 27 heavy (non-hydrogen) atoms. The van der Waals surface area contributed by atoms with Crippen LogP contribution in [0.3, 0.4) is 0 Å². The molecule has 0 aliphatic carbocycles. The average Bonchev–Trinajstić information content (AvgIpc) is 3.25. The lowest BCUT2D eigenvalue weighted by atomic mass is 9.80. The number of benzene rings is 2. The molecule has 4 aliphatic rings. The lowest BCUT2D eigenvalue weighted by molar-refractivity contribution is 0.0926. The number of carbonyl (C=O) groups excluding carboxylic acids is 2. The van der Waals surface area contributed by atoms with Gasteiger partial charge >= 0.3 is 0 Å². The molecule has 4 aliphatic heterocycles. The van der Waals surface area contributed by atoms with Crippen molar-refractivity contribution in [1.82, 2.24) is 5.32 Å². The minimum absolute atomic E-state index is 0.202. The summed E-state index contributed by atoms with van der Waals surface area (Å²) in [6, 6.07) is 11.3. The molecule has 0 saturated carbocycles. The quantitative estimate of drug-likeness (QED) is 0.795. The zero-order valence-corrected chi connectivity index (χ0v) is 15.1. The van der Waals surface area contributed by atoms with Gasteiger partial charge in [-0.1, -0.05) is 12.1 Å². The van der Waals surface area contributed by atoms with E-state index in [1.807, 2.05) is 12.1 Å². The molecule has 2 aromatic rings. The number of carbonyl (C=O) groups is 2. The Morgan fingerprint density at radius 1 is 1.00 bits per heavy atom. The second kappa shape index (κ2) is 5.42. The third-order valence-electron chi connectivity index (χ3n) is 6.64. The van der Waals surface area contributed by atoms with Gasteiger partial charge in [-0.05, 0) is 54.2 Å². The summed E-state index contributed by atoms with van der Waals surface area (Å²) in [5.74, 6) is 0.684. The Kier molecular flexibility index (Phi) is 3.09. The molecular weight excluding hydrogens is 338 g/mol. The Morgan fingerprint density at radius 2 is 1.78 bits per heavy atom. The van der Waals surface area contributed by atoms with Crippen LogP contribution in [0.15, 0.2) is 36.4 Å². The van der Waals surface area contributed by atoms with Gasteiger partial charge < -0.3 is 10.2 Å². The van der Waals surface area contributed by atoms with Crippen LogP contribution >= 0.6 is 0 Å². The maximum Gasteiger partial charge on any atom is 0.266 e. The lowest BCUT2D eigenvalue weighted by Gasteiger charge is -2.42. The van der Waals surface area contributed by atoms with Crippen molar-refractivity contribution in [2.45, 2.75) is 18.8 Å². The molecule has 5 nitrogen and oxygen atoms in total. The molecule has 2 amide bonds. The van der Waals surface area contributed by atoms with Crippen molar-refractivity contribution in [2.24, 2.45) is 5.92 Å². The highest BCUT2D eigenvalue weighted by atomic mass is 16.2. The van der Waals surface area contributed by atoms with E-state index < -0.39 is 0 Å². The van der Waals surface area contributed by atoms with Crippen LogP contribution in [0.1, 0.15) is 44.2 Å². The average molecular weight is 359 g/mol. The highest BCUT2D eigenvalue weighted by Gasteiger charge is 2.41. The van der Waals surface area contributed by atoms with Crippen LogP contribution in [0, 0.1) is 5.92 Å². The van der Waals surface area contributed by atoms with Crippen molar-refractivity contribution in [3.8, 4) is 0 Å². The van der Waals surface area contributed by atoms with Crippen LogP contribution in [0.2, 0.25) is 0 Å². The van der Waals surface area contributed by atoms with Crippen molar-refractivity contribution < 1.29 is 9.59 Å². The van der Waals surface area contributed by atoms with Crippen LogP contribution in [0.5, 0.6) is 0 Å². The van der Waals surface area contributed by atoms with Gasteiger partial charge in [0.1, 0.15) is 0 Å². The predicted octanol–water partition coefficient (Wildman–Crippen LogP) is 2.56. The van der Waals surface area contributed by atoms with E-state index in [2.05, 4.69) is 22.3 Å². The molecule has 0 radical (unpaired) electrons. The van der Waals surface area contributed by atoms with Crippen molar-refractivity contribution in [1.29, 1.82) is 0 Å². The van der Waals surface area contributed by atoms with Crippen LogP contribution in [-0.2, 0) is 6.42 Å².